The summed E-state index contributed by atoms with van der Waals surface area (Å²) in [5, 5.41) is 12.8. The van der Waals surface area contributed by atoms with Gasteiger partial charge in [-0.1, -0.05) is 50.3 Å². The number of aliphatic carboxylic acids is 1. The minimum Gasteiger partial charge on any atom is -0.481 e. The van der Waals surface area contributed by atoms with E-state index in [0.29, 0.717) is 29.3 Å². The zero-order valence-corrected chi connectivity index (χ0v) is 20.3. The van der Waals surface area contributed by atoms with Crippen LogP contribution < -0.4 is 5.32 Å². The number of carboxylic acid groups (broad SMARTS) is 1. The lowest BCUT2D eigenvalue weighted by Gasteiger charge is -2.24. The Hall–Kier alpha value is -2.93. The van der Waals surface area contributed by atoms with Crippen LogP contribution in [0.4, 0.5) is 5.00 Å². The van der Waals surface area contributed by atoms with E-state index in [2.05, 4.69) is 31.3 Å². The molecule has 176 valence electrons. The first-order valence-corrected chi connectivity index (χ1v) is 12.1. The SMILES string of the molecule is CCOC(=O)c1c(NC(=O)[C@H]2CC=CC[C@H]2C(=O)O)sc(C)c1-c1ccc(CC(C)C)cc1. The molecule has 0 saturated carbocycles. The molecule has 6 nitrogen and oxygen atoms in total. The molecule has 0 unspecified atom stereocenters. The van der Waals surface area contributed by atoms with Crippen LogP contribution in [0.2, 0.25) is 0 Å². The Bertz CT molecular complexity index is 1050. The zero-order valence-electron chi connectivity index (χ0n) is 19.5. The first kappa shape index (κ1) is 24.7. The Morgan fingerprint density at radius 2 is 1.76 bits per heavy atom. The van der Waals surface area contributed by atoms with E-state index in [4.69, 9.17) is 4.74 Å². The summed E-state index contributed by atoms with van der Waals surface area (Å²) >= 11 is 1.31. The van der Waals surface area contributed by atoms with E-state index in [0.717, 1.165) is 22.4 Å². The fraction of sp³-hybridized carbons (Fsp3) is 0.423. The molecule has 1 aromatic carbocycles. The highest BCUT2D eigenvalue weighted by Gasteiger charge is 2.35. The molecule has 7 heteroatoms. The van der Waals surface area contributed by atoms with Crippen molar-refractivity contribution in [3.63, 3.8) is 0 Å². The molecule has 1 aromatic heterocycles. The second-order valence-corrected chi connectivity index (χ2v) is 9.96. The van der Waals surface area contributed by atoms with Crippen LogP contribution in [0.3, 0.4) is 0 Å². The molecule has 2 N–H and O–H groups in total. The predicted molar refractivity (Wildman–Crippen MR) is 131 cm³/mol. The van der Waals surface area contributed by atoms with Gasteiger partial charge in [-0.15, -0.1) is 11.3 Å². The van der Waals surface area contributed by atoms with Crippen LogP contribution in [0, 0.1) is 24.7 Å². The first-order valence-electron chi connectivity index (χ1n) is 11.3. The normalized spacial score (nSPS) is 17.7. The van der Waals surface area contributed by atoms with Crippen molar-refractivity contribution < 1.29 is 24.2 Å². The lowest BCUT2D eigenvalue weighted by molar-refractivity contribution is -0.146. The lowest BCUT2D eigenvalue weighted by atomic mass is 9.82. The van der Waals surface area contributed by atoms with E-state index in [1.54, 1.807) is 13.0 Å². The van der Waals surface area contributed by atoms with Gasteiger partial charge in [0.1, 0.15) is 10.6 Å². The molecular weight excluding hydrogens is 438 g/mol. The average Bonchev–Trinajstić information content (AvgIpc) is 3.09. The Morgan fingerprint density at radius 3 is 2.33 bits per heavy atom. The Morgan fingerprint density at radius 1 is 1.12 bits per heavy atom. The summed E-state index contributed by atoms with van der Waals surface area (Å²) in [6, 6.07) is 8.11. The molecule has 1 aliphatic rings. The van der Waals surface area contributed by atoms with Gasteiger partial charge in [-0.2, -0.15) is 0 Å². The number of allylic oxidation sites excluding steroid dienone is 2. The van der Waals surface area contributed by atoms with Gasteiger partial charge in [-0.05, 0) is 50.2 Å². The number of carbonyl (C=O) groups is 3. The van der Waals surface area contributed by atoms with Gasteiger partial charge in [-0.25, -0.2) is 4.79 Å². The maximum atomic E-state index is 13.1. The van der Waals surface area contributed by atoms with Gasteiger partial charge in [-0.3, -0.25) is 9.59 Å². The Labute approximate surface area is 198 Å². The molecule has 1 heterocycles. The number of carboxylic acids is 1. The monoisotopic (exact) mass is 469 g/mol. The number of aryl methyl sites for hydroxylation is 1. The quantitative estimate of drug-likeness (QED) is 0.382. The topological polar surface area (TPSA) is 92.7 Å². The van der Waals surface area contributed by atoms with Gasteiger partial charge in [0.2, 0.25) is 5.91 Å². The minimum atomic E-state index is -0.991. The molecule has 1 aliphatic carbocycles. The maximum absolute atomic E-state index is 13.1. The highest BCUT2D eigenvalue weighted by Crippen LogP contribution is 2.41. The number of amides is 1. The molecular formula is C26H31NO5S. The van der Waals surface area contributed by atoms with Crippen molar-refractivity contribution >= 4 is 34.2 Å². The number of hydrogen-bond acceptors (Lipinski definition) is 5. The number of esters is 1. The predicted octanol–water partition coefficient (Wildman–Crippen LogP) is 5.70. The number of anilines is 1. The molecule has 0 aliphatic heterocycles. The zero-order chi connectivity index (χ0) is 24.1. The minimum absolute atomic E-state index is 0.211. The van der Waals surface area contributed by atoms with Crippen LogP contribution in [0.5, 0.6) is 0 Å². The van der Waals surface area contributed by atoms with Gasteiger partial charge in [0.05, 0.1) is 18.4 Å². The van der Waals surface area contributed by atoms with Crippen LogP contribution in [-0.4, -0.2) is 29.6 Å². The van der Waals surface area contributed by atoms with Crippen LogP contribution in [0.15, 0.2) is 36.4 Å². The summed E-state index contributed by atoms with van der Waals surface area (Å²) in [4.78, 5) is 38.5. The summed E-state index contributed by atoms with van der Waals surface area (Å²) in [6.45, 7) is 8.19. The molecule has 0 spiro atoms. The Kier molecular flexibility index (Phi) is 8.08. The molecule has 0 fully saturated rings. The third-order valence-corrected chi connectivity index (χ3v) is 6.79. The molecule has 0 bridgehead atoms. The van der Waals surface area contributed by atoms with E-state index in [9.17, 15) is 19.5 Å². The summed E-state index contributed by atoms with van der Waals surface area (Å²) < 4.78 is 5.32. The summed E-state index contributed by atoms with van der Waals surface area (Å²) in [5.41, 5.74) is 3.16. The van der Waals surface area contributed by atoms with Gasteiger partial charge >= 0.3 is 11.9 Å². The molecule has 0 saturated heterocycles. The molecule has 1 amide bonds. The van der Waals surface area contributed by atoms with Gasteiger partial charge < -0.3 is 15.2 Å². The fourth-order valence-corrected chi connectivity index (χ4v) is 5.31. The third kappa shape index (κ3) is 5.71. The number of nitrogens with one attached hydrogen (secondary N) is 1. The highest BCUT2D eigenvalue weighted by atomic mass is 32.1. The Balaban J connectivity index is 1.97. The van der Waals surface area contributed by atoms with Crippen molar-refractivity contribution in [1.29, 1.82) is 0 Å². The number of hydrogen-bond donors (Lipinski definition) is 2. The van der Waals surface area contributed by atoms with Crippen molar-refractivity contribution in [1.82, 2.24) is 0 Å². The fourth-order valence-electron chi connectivity index (χ4n) is 4.24. The van der Waals surface area contributed by atoms with Crippen molar-refractivity contribution in [3.8, 4) is 11.1 Å². The van der Waals surface area contributed by atoms with Crippen molar-refractivity contribution in [3.05, 3.63) is 52.4 Å². The second kappa shape index (κ2) is 10.8. The third-order valence-electron chi connectivity index (χ3n) is 5.77. The standard InChI is InChI=1S/C26H31NO5S/c1-5-32-26(31)22-21(18-12-10-17(11-13-18)14-15(2)3)16(4)33-24(22)27-23(28)19-8-6-7-9-20(19)25(29)30/h6-7,10-13,15,19-20H,5,8-9,14H2,1-4H3,(H,27,28)(H,29,30)/t19-,20+/m0/s1. The van der Waals surface area contributed by atoms with Gasteiger partial charge in [0, 0.05) is 10.4 Å². The molecule has 2 atom stereocenters. The molecule has 33 heavy (non-hydrogen) atoms. The average molecular weight is 470 g/mol. The molecule has 3 rings (SSSR count). The largest absolute Gasteiger partial charge is 0.481 e. The van der Waals surface area contributed by atoms with Crippen molar-refractivity contribution in [2.24, 2.45) is 17.8 Å². The number of ether oxygens (including phenoxy) is 1. The number of thiophene rings is 1. The molecule has 0 radical (unpaired) electrons. The number of benzene rings is 1. The molecule has 2 aromatic rings. The van der Waals surface area contributed by atoms with Crippen LogP contribution in [-0.2, 0) is 20.7 Å². The summed E-state index contributed by atoms with van der Waals surface area (Å²) in [5.74, 6) is -2.82. The number of rotatable bonds is 8. The smallest absolute Gasteiger partial charge is 0.341 e. The van der Waals surface area contributed by atoms with Crippen molar-refractivity contribution in [2.75, 3.05) is 11.9 Å². The van der Waals surface area contributed by atoms with Gasteiger partial charge in [0.25, 0.3) is 0 Å². The second-order valence-electron chi connectivity index (χ2n) is 8.74. The highest BCUT2D eigenvalue weighted by molar-refractivity contribution is 7.17. The van der Waals surface area contributed by atoms with Crippen LogP contribution in [0.25, 0.3) is 11.1 Å². The first-order chi connectivity index (χ1) is 15.7. The van der Waals surface area contributed by atoms with E-state index in [1.807, 2.05) is 25.1 Å². The summed E-state index contributed by atoms with van der Waals surface area (Å²) in [6.07, 6.45) is 5.26. The van der Waals surface area contributed by atoms with E-state index < -0.39 is 29.7 Å². The van der Waals surface area contributed by atoms with E-state index in [-0.39, 0.29) is 6.61 Å². The van der Waals surface area contributed by atoms with Crippen LogP contribution in [0.1, 0.15) is 54.4 Å². The summed E-state index contributed by atoms with van der Waals surface area (Å²) in [7, 11) is 0. The van der Waals surface area contributed by atoms with Gasteiger partial charge in [0.15, 0.2) is 0 Å². The van der Waals surface area contributed by atoms with Crippen LogP contribution >= 0.6 is 11.3 Å². The van der Waals surface area contributed by atoms with E-state index in [1.165, 1.54) is 16.9 Å². The lowest BCUT2D eigenvalue weighted by Crippen LogP contribution is -2.34. The van der Waals surface area contributed by atoms with Crippen molar-refractivity contribution in [2.45, 2.75) is 47.0 Å². The van der Waals surface area contributed by atoms with E-state index >= 15 is 0 Å². The maximum Gasteiger partial charge on any atom is 0.341 e. The number of carbonyl (C=O) groups excluding carboxylic acids is 2.